The van der Waals surface area contributed by atoms with E-state index in [1.54, 1.807) is 0 Å². The number of hydrogen-bond donors (Lipinski definition) is 1. The summed E-state index contributed by atoms with van der Waals surface area (Å²) < 4.78 is 0. The normalized spacial score (nSPS) is 27.2. The van der Waals surface area contributed by atoms with Crippen molar-refractivity contribution in [3.8, 4) is 0 Å². The first-order chi connectivity index (χ1) is 7.09. The van der Waals surface area contributed by atoms with Gasteiger partial charge < -0.3 is 5.32 Å². The molecule has 15 heavy (non-hydrogen) atoms. The third-order valence-corrected chi connectivity index (χ3v) is 4.28. The van der Waals surface area contributed by atoms with Gasteiger partial charge in [-0.25, -0.2) is 0 Å². The summed E-state index contributed by atoms with van der Waals surface area (Å²) in [4.78, 5) is 2.69. The van der Waals surface area contributed by atoms with Crippen molar-refractivity contribution in [3.05, 3.63) is 0 Å². The van der Waals surface area contributed by atoms with E-state index in [1.807, 2.05) is 0 Å². The molecule has 1 heterocycles. The highest BCUT2D eigenvalue weighted by Gasteiger charge is 2.38. The van der Waals surface area contributed by atoms with Gasteiger partial charge in [-0.2, -0.15) is 0 Å². The molecule has 0 bridgehead atoms. The number of piperazine rings is 1. The van der Waals surface area contributed by atoms with Crippen molar-refractivity contribution in [2.24, 2.45) is 5.92 Å². The van der Waals surface area contributed by atoms with Crippen LogP contribution in [0.4, 0.5) is 0 Å². The molecule has 1 aliphatic rings. The standard InChI is InChI=1S/C13H28N2/c1-6-13(7-2)10-14-12(11(4)5)9-15(13)8-3/h11-12,14H,6-10H2,1-5H3. The van der Waals surface area contributed by atoms with E-state index in [0.717, 1.165) is 12.5 Å². The van der Waals surface area contributed by atoms with Crippen LogP contribution in [-0.4, -0.2) is 36.1 Å². The predicted molar refractivity (Wildman–Crippen MR) is 67.2 cm³/mol. The zero-order valence-corrected chi connectivity index (χ0v) is 11.1. The van der Waals surface area contributed by atoms with E-state index in [1.165, 1.54) is 25.9 Å². The molecule has 0 aromatic carbocycles. The maximum absolute atomic E-state index is 3.73. The third-order valence-electron chi connectivity index (χ3n) is 4.28. The fraction of sp³-hybridized carbons (Fsp3) is 1.00. The Morgan fingerprint density at radius 1 is 1.27 bits per heavy atom. The van der Waals surface area contributed by atoms with Gasteiger partial charge in [0.1, 0.15) is 0 Å². The van der Waals surface area contributed by atoms with Crippen molar-refractivity contribution in [3.63, 3.8) is 0 Å². The molecule has 2 heteroatoms. The second-order valence-corrected chi connectivity index (χ2v) is 5.20. The lowest BCUT2D eigenvalue weighted by Crippen LogP contribution is -2.65. The topological polar surface area (TPSA) is 15.3 Å². The summed E-state index contributed by atoms with van der Waals surface area (Å²) in [6.07, 6.45) is 2.52. The maximum Gasteiger partial charge on any atom is 0.0329 e. The van der Waals surface area contributed by atoms with Gasteiger partial charge in [-0.1, -0.05) is 34.6 Å². The lowest BCUT2D eigenvalue weighted by molar-refractivity contribution is 0.0270. The van der Waals surface area contributed by atoms with Crippen LogP contribution in [0.5, 0.6) is 0 Å². The molecule has 1 fully saturated rings. The zero-order chi connectivity index (χ0) is 11.5. The Labute approximate surface area is 95.4 Å². The van der Waals surface area contributed by atoms with E-state index < -0.39 is 0 Å². The molecule has 1 aliphatic heterocycles. The Bertz CT molecular complexity index is 185. The van der Waals surface area contributed by atoms with Gasteiger partial charge in [0.2, 0.25) is 0 Å². The van der Waals surface area contributed by atoms with E-state index >= 15 is 0 Å². The predicted octanol–water partition coefficient (Wildman–Crippen LogP) is 2.49. The summed E-state index contributed by atoms with van der Waals surface area (Å²) in [7, 11) is 0. The average Bonchev–Trinajstić information content (AvgIpc) is 2.27. The van der Waals surface area contributed by atoms with Gasteiger partial charge in [0, 0.05) is 24.7 Å². The van der Waals surface area contributed by atoms with Gasteiger partial charge in [0.15, 0.2) is 0 Å². The molecular weight excluding hydrogens is 184 g/mol. The SMILES string of the molecule is CCN1CC(C(C)C)NCC1(CC)CC. The van der Waals surface area contributed by atoms with Crippen molar-refractivity contribution in [2.75, 3.05) is 19.6 Å². The average molecular weight is 212 g/mol. The smallest absolute Gasteiger partial charge is 0.0329 e. The molecule has 1 unspecified atom stereocenters. The van der Waals surface area contributed by atoms with Gasteiger partial charge in [-0.05, 0) is 25.3 Å². The maximum atomic E-state index is 3.73. The van der Waals surface area contributed by atoms with E-state index in [0.29, 0.717) is 11.6 Å². The minimum atomic E-state index is 0.417. The molecule has 0 radical (unpaired) electrons. The minimum Gasteiger partial charge on any atom is -0.311 e. The second kappa shape index (κ2) is 5.31. The van der Waals surface area contributed by atoms with Crippen LogP contribution in [0, 0.1) is 5.92 Å². The lowest BCUT2D eigenvalue weighted by Gasteiger charge is -2.50. The van der Waals surface area contributed by atoms with Crippen LogP contribution in [0.25, 0.3) is 0 Å². The molecule has 1 saturated heterocycles. The molecule has 0 saturated carbocycles. The Morgan fingerprint density at radius 2 is 1.87 bits per heavy atom. The summed E-state index contributed by atoms with van der Waals surface area (Å²) in [5.41, 5.74) is 0.417. The van der Waals surface area contributed by atoms with Crippen molar-refractivity contribution >= 4 is 0 Å². The fourth-order valence-corrected chi connectivity index (χ4v) is 2.79. The molecule has 0 aliphatic carbocycles. The number of nitrogens with one attached hydrogen (secondary N) is 1. The highest BCUT2D eigenvalue weighted by atomic mass is 15.3. The zero-order valence-electron chi connectivity index (χ0n) is 11.1. The highest BCUT2D eigenvalue weighted by molar-refractivity contribution is 4.97. The fourth-order valence-electron chi connectivity index (χ4n) is 2.79. The van der Waals surface area contributed by atoms with E-state index in [4.69, 9.17) is 0 Å². The van der Waals surface area contributed by atoms with Crippen molar-refractivity contribution in [1.29, 1.82) is 0 Å². The van der Waals surface area contributed by atoms with Gasteiger partial charge in [-0.15, -0.1) is 0 Å². The number of nitrogens with zero attached hydrogens (tertiary/aromatic N) is 1. The van der Waals surface area contributed by atoms with Gasteiger partial charge in [0.25, 0.3) is 0 Å². The summed E-state index contributed by atoms with van der Waals surface area (Å²) >= 11 is 0. The molecule has 2 nitrogen and oxygen atoms in total. The monoisotopic (exact) mass is 212 g/mol. The minimum absolute atomic E-state index is 0.417. The third kappa shape index (κ3) is 2.54. The Balaban J connectivity index is 2.71. The molecule has 0 aromatic rings. The van der Waals surface area contributed by atoms with Gasteiger partial charge in [0.05, 0.1) is 0 Å². The molecule has 1 rings (SSSR count). The Morgan fingerprint density at radius 3 is 2.27 bits per heavy atom. The molecule has 0 aromatic heterocycles. The number of hydrogen-bond acceptors (Lipinski definition) is 2. The number of rotatable bonds is 4. The second-order valence-electron chi connectivity index (χ2n) is 5.20. The summed E-state index contributed by atoms with van der Waals surface area (Å²) in [5, 5.41) is 3.73. The van der Waals surface area contributed by atoms with Crippen LogP contribution in [0.3, 0.4) is 0 Å². The van der Waals surface area contributed by atoms with E-state index in [-0.39, 0.29) is 0 Å². The van der Waals surface area contributed by atoms with Crippen molar-refractivity contribution in [2.45, 2.75) is 59.0 Å². The molecule has 1 atom stereocenters. The molecule has 0 spiro atoms. The van der Waals surface area contributed by atoms with Crippen molar-refractivity contribution in [1.82, 2.24) is 10.2 Å². The van der Waals surface area contributed by atoms with Crippen LogP contribution in [0.2, 0.25) is 0 Å². The van der Waals surface area contributed by atoms with E-state index in [2.05, 4.69) is 44.8 Å². The van der Waals surface area contributed by atoms with Crippen LogP contribution >= 0.6 is 0 Å². The number of likely N-dealkylation sites (N-methyl/N-ethyl adjacent to an activating group) is 1. The first-order valence-electron chi connectivity index (χ1n) is 6.58. The molecule has 0 amide bonds. The molecule has 1 N–H and O–H groups in total. The highest BCUT2D eigenvalue weighted by Crippen LogP contribution is 2.27. The van der Waals surface area contributed by atoms with E-state index in [9.17, 15) is 0 Å². The Kier molecular flexibility index (Phi) is 4.60. The molecule has 90 valence electrons. The first kappa shape index (κ1) is 13.0. The van der Waals surface area contributed by atoms with Crippen LogP contribution in [0.15, 0.2) is 0 Å². The quantitative estimate of drug-likeness (QED) is 0.770. The largest absolute Gasteiger partial charge is 0.311 e. The van der Waals surface area contributed by atoms with Crippen LogP contribution in [0.1, 0.15) is 47.5 Å². The summed E-state index contributed by atoms with van der Waals surface area (Å²) in [6, 6.07) is 0.677. The summed E-state index contributed by atoms with van der Waals surface area (Å²) in [6.45, 7) is 15.1. The van der Waals surface area contributed by atoms with Crippen LogP contribution < -0.4 is 5.32 Å². The Hall–Kier alpha value is -0.0800. The summed E-state index contributed by atoms with van der Waals surface area (Å²) in [5.74, 6) is 0.741. The molecular formula is C13H28N2. The van der Waals surface area contributed by atoms with Gasteiger partial charge >= 0.3 is 0 Å². The van der Waals surface area contributed by atoms with Gasteiger partial charge in [-0.3, -0.25) is 4.90 Å². The first-order valence-corrected chi connectivity index (χ1v) is 6.58. The van der Waals surface area contributed by atoms with Crippen molar-refractivity contribution < 1.29 is 0 Å². The lowest BCUT2D eigenvalue weighted by atomic mass is 9.85. The van der Waals surface area contributed by atoms with Crippen LogP contribution in [-0.2, 0) is 0 Å².